The van der Waals surface area contributed by atoms with Crippen LogP contribution in [0.25, 0.3) is 0 Å². The average molecular weight is 302 g/mol. The van der Waals surface area contributed by atoms with Crippen molar-refractivity contribution in [2.75, 3.05) is 6.54 Å². The lowest BCUT2D eigenvalue weighted by Crippen LogP contribution is -2.28. The average Bonchev–Trinajstić information content (AvgIpc) is 3.20. The Morgan fingerprint density at radius 2 is 2.00 bits per heavy atom. The lowest BCUT2D eigenvalue weighted by atomic mass is 9.92. The molecule has 0 spiro atoms. The third kappa shape index (κ3) is 3.18. The summed E-state index contributed by atoms with van der Waals surface area (Å²) in [7, 11) is 0. The van der Waals surface area contributed by atoms with Gasteiger partial charge in [0, 0.05) is 23.4 Å². The summed E-state index contributed by atoms with van der Waals surface area (Å²) in [5.41, 5.74) is 2.18. The van der Waals surface area contributed by atoms with Crippen LogP contribution in [0.3, 0.4) is 0 Å². The van der Waals surface area contributed by atoms with Gasteiger partial charge in [0.15, 0.2) is 0 Å². The molecule has 0 radical (unpaired) electrons. The van der Waals surface area contributed by atoms with E-state index in [1.54, 1.807) is 11.3 Å². The van der Waals surface area contributed by atoms with E-state index in [0.717, 1.165) is 42.2 Å². The van der Waals surface area contributed by atoms with Crippen LogP contribution in [0.5, 0.6) is 0 Å². The van der Waals surface area contributed by atoms with E-state index >= 15 is 0 Å². The molecular weight excluding hydrogens is 280 g/mol. The molecule has 1 saturated carbocycles. The Kier molecular flexibility index (Phi) is 4.11. The van der Waals surface area contributed by atoms with Crippen LogP contribution in [0.15, 0.2) is 30.3 Å². The van der Waals surface area contributed by atoms with Crippen molar-refractivity contribution >= 4 is 11.3 Å². The van der Waals surface area contributed by atoms with E-state index in [4.69, 9.17) is 0 Å². The number of hydrogen-bond acceptors (Lipinski definition) is 4. The molecule has 1 fully saturated rings. The second kappa shape index (κ2) is 5.87. The van der Waals surface area contributed by atoms with Gasteiger partial charge < -0.3 is 10.4 Å². The molecule has 0 aliphatic heterocycles. The standard InChI is InChI=1S/C17H22N2OS/c1-12-15(21-13(2)19-12)10-18-11-17(8-9-17)16(20)14-6-4-3-5-7-14/h3-7,16,18,20H,8-11H2,1-2H3. The van der Waals surface area contributed by atoms with Gasteiger partial charge in [-0.25, -0.2) is 4.98 Å². The van der Waals surface area contributed by atoms with Crippen LogP contribution in [0, 0.1) is 19.3 Å². The summed E-state index contributed by atoms with van der Waals surface area (Å²) in [4.78, 5) is 5.76. The van der Waals surface area contributed by atoms with Crippen LogP contribution >= 0.6 is 11.3 Å². The van der Waals surface area contributed by atoms with Crippen molar-refractivity contribution in [3.63, 3.8) is 0 Å². The number of aromatic nitrogens is 1. The fraction of sp³-hybridized carbons (Fsp3) is 0.471. The SMILES string of the molecule is Cc1nc(C)c(CNCC2(C(O)c3ccccc3)CC2)s1. The molecule has 0 saturated heterocycles. The number of benzene rings is 1. The molecule has 1 aromatic carbocycles. The van der Waals surface area contributed by atoms with Crippen LogP contribution in [0.4, 0.5) is 0 Å². The van der Waals surface area contributed by atoms with Gasteiger partial charge in [0.2, 0.25) is 0 Å². The maximum Gasteiger partial charge on any atom is 0.0900 e. The minimum atomic E-state index is -0.365. The predicted molar refractivity (Wildman–Crippen MR) is 86.4 cm³/mol. The number of hydrogen-bond donors (Lipinski definition) is 2. The fourth-order valence-electron chi connectivity index (χ4n) is 2.86. The molecule has 1 atom stereocenters. The fourth-order valence-corrected chi connectivity index (χ4v) is 3.77. The molecule has 2 N–H and O–H groups in total. The van der Waals surface area contributed by atoms with Gasteiger partial charge in [0.05, 0.1) is 16.8 Å². The van der Waals surface area contributed by atoms with Crippen molar-refractivity contribution in [3.05, 3.63) is 51.5 Å². The summed E-state index contributed by atoms with van der Waals surface area (Å²) in [5.74, 6) is 0. The second-order valence-electron chi connectivity index (χ2n) is 6.02. The molecule has 1 aliphatic rings. The zero-order valence-electron chi connectivity index (χ0n) is 12.6. The first-order chi connectivity index (χ1) is 10.1. The number of nitrogens with zero attached hydrogens (tertiary/aromatic N) is 1. The van der Waals surface area contributed by atoms with Crippen LogP contribution in [0.1, 0.15) is 40.1 Å². The minimum Gasteiger partial charge on any atom is -0.388 e. The monoisotopic (exact) mass is 302 g/mol. The Morgan fingerprint density at radius 3 is 2.57 bits per heavy atom. The molecule has 112 valence electrons. The number of nitrogens with one attached hydrogen (secondary N) is 1. The van der Waals surface area contributed by atoms with E-state index in [1.165, 1.54) is 4.88 Å². The van der Waals surface area contributed by atoms with E-state index in [2.05, 4.69) is 17.2 Å². The van der Waals surface area contributed by atoms with E-state index in [-0.39, 0.29) is 11.5 Å². The molecule has 4 heteroatoms. The lowest BCUT2D eigenvalue weighted by molar-refractivity contribution is 0.0917. The first-order valence-electron chi connectivity index (χ1n) is 7.47. The van der Waals surface area contributed by atoms with Crippen LogP contribution in [-0.2, 0) is 6.54 Å². The minimum absolute atomic E-state index is 0.0228. The molecule has 1 unspecified atom stereocenters. The quantitative estimate of drug-likeness (QED) is 0.860. The van der Waals surface area contributed by atoms with Crippen molar-refractivity contribution in [2.24, 2.45) is 5.41 Å². The maximum absolute atomic E-state index is 10.6. The summed E-state index contributed by atoms with van der Waals surface area (Å²) >= 11 is 1.75. The van der Waals surface area contributed by atoms with Crippen molar-refractivity contribution < 1.29 is 5.11 Å². The molecule has 0 bridgehead atoms. The topological polar surface area (TPSA) is 45.2 Å². The Labute approximate surface area is 130 Å². The van der Waals surface area contributed by atoms with E-state index < -0.39 is 0 Å². The molecule has 0 amide bonds. The van der Waals surface area contributed by atoms with Crippen molar-refractivity contribution in [1.82, 2.24) is 10.3 Å². The Balaban J connectivity index is 1.59. The highest BCUT2D eigenvalue weighted by atomic mass is 32.1. The Morgan fingerprint density at radius 1 is 1.29 bits per heavy atom. The predicted octanol–water partition coefficient (Wildman–Crippen LogP) is 3.36. The molecular formula is C17H22N2OS. The zero-order valence-corrected chi connectivity index (χ0v) is 13.4. The number of thiazole rings is 1. The zero-order chi connectivity index (χ0) is 14.9. The number of aryl methyl sites for hydroxylation is 2. The van der Waals surface area contributed by atoms with Gasteiger partial charge in [-0.05, 0) is 32.3 Å². The van der Waals surface area contributed by atoms with Gasteiger partial charge >= 0.3 is 0 Å². The molecule has 1 aliphatic carbocycles. The smallest absolute Gasteiger partial charge is 0.0900 e. The van der Waals surface area contributed by atoms with Crippen LogP contribution < -0.4 is 5.32 Å². The van der Waals surface area contributed by atoms with Gasteiger partial charge in [0.1, 0.15) is 0 Å². The summed E-state index contributed by atoms with van der Waals surface area (Å²) in [6.07, 6.45) is 1.82. The number of aliphatic hydroxyl groups excluding tert-OH is 1. The van der Waals surface area contributed by atoms with Gasteiger partial charge in [-0.1, -0.05) is 30.3 Å². The maximum atomic E-state index is 10.6. The first-order valence-corrected chi connectivity index (χ1v) is 8.29. The highest BCUT2D eigenvalue weighted by molar-refractivity contribution is 7.11. The molecule has 3 nitrogen and oxygen atoms in total. The van der Waals surface area contributed by atoms with Crippen molar-refractivity contribution in [1.29, 1.82) is 0 Å². The van der Waals surface area contributed by atoms with E-state index in [0.29, 0.717) is 0 Å². The van der Waals surface area contributed by atoms with Gasteiger partial charge in [-0.2, -0.15) is 0 Å². The van der Waals surface area contributed by atoms with Crippen molar-refractivity contribution in [2.45, 2.75) is 39.3 Å². The van der Waals surface area contributed by atoms with E-state index in [1.807, 2.05) is 37.3 Å². The third-order valence-corrected chi connectivity index (χ3v) is 5.42. The Bertz CT molecular complexity index is 605. The van der Waals surface area contributed by atoms with Gasteiger partial charge in [-0.3, -0.25) is 0 Å². The highest BCUT2D eigenvalue weighted by Gasteiger charge is 2.48. The van der Waals surface area contributed by atoms with Crippen LogP contribution in [0.2, 0.25) is 0 Å². The molecule has 3 rings (SSSR count). The third-order valence-electron chi connectivity index (χ3n) is 4.35. The highest BCUT2D eigenvalue weighted by Crippen LogP contribution is 2.54. The molecule has 1 heterocycles. The van der Waals surface area contributed by atoms with E-state index in [9.17, 15) is 5.11 Å². The summed E-state index contributed by atoms with van der Waals surface area (Å²) in [5, 5.41) is 15.3. The van der Waals surface area contributed by atoms with Crippen LogP contribution in [-0.4, -0.2) is 16.6 Å². The summed E-state index contributed by atoms with van der Waals surface area (Å²) < 4.78 is 0. The van der Waals surface area contributed by atoms with Gasteiger partial charge in [0.25, 0.3) is 0 Å². The molecule has 21 heavy (non-hydrogen) atoms. The lowest BCUT2D eigenvalue weighted by Gasteiger charge is -2.23. The molecule has 1 aromatic heterocycles. The summed E-state index contributed by atoms with van der Waals surface area (Å²) in [6.45, 7) is 5.81. The number of aliphatic hydroxyl groups is 1. The van der Waals surface area contributed by atoms with Gasteiger partial charge in [-0.15, -0.1) is 11.3 Å². The summed E-state index contributed by atoms with van der Waals surface area (Å²) in [6, 6.07) is 10.0. The number of rotatable bonds is 6. The largest absolute Gasteiger partial charge is 0.388 e. The second-order valence-corrected chi connectivity index (χ2v) is 7.31. The normalized spacial score (nSPS) is 17.7. The Hall–Kier alpha value is -1.23. The van der Waals surface area contributed by atoms with Crippen molar-refractivity contribution in [3.8, 4) is 0 Å². The molecule has 2 aromatic rings. The first kappa shape index (κ1) is 14.7.